The van der Waals surface area contributed by atoms with Crippen molar-refractivity contribution in [3.05, 3.63) is 92.8 Å². The van der Waals surface area contributed by atoms with Crippen molar-refractivity contribution in [1.29, 1.82) is 0 Å². The number of aromatic nitrogens is 3. The van der Waals surface area contributed by atoms with Crippen molar-refractivity contribution >= 4 is 22.6 Å². The van der Waals surface area contributed by atoms with Gasteiger partial charge in [0.2, 0.25) is 0 Å². The SMILES string of the molecule is COc1ccc(NC(=O)c2cc3c(=O)n(C)c(=O)n(C)c3n2Cc2ccccc2)cc1. The number of hydrogen-bond acceptors (Lipinski definition) is 4. The third-order valence-electron chi connectivity index (χ3n) is 5.26. The van der Waals surface area contributed by atoms with Gasteiger partial charge in [0, 0.05) is 26.3 Å². The molecular weight excluding hydrogens is 396 g/mol. The summed E-state index contributed by atoms with van der Waals surface area (Å²) < 4.78 is 9.28. The van der Waals surface area contributed by atoms with Crippen LogP contribution in [0.4, 0.5) is 5.69 Å². The van der Waals surface area contributed by atoms with Gasteiger partial charge in [-0.1, -0.05) is 30.3 Å². The van der Waals surface area contributed by atoms with Crippen LogP contribution >= 0.6 is 0 Å². The molecule has 0 unspecified atom stereocenters. The molecule has 1 N–H and O–H groups in total. The Hall–Kier alpha value is -4.07. The van der Waals surface area contributed by atoms with Gasteiger partial charge in [-0.15, -0.1) is 0 Å². The molecule has 0 saturated heterocycles. The lowest BCUT2D eigenvalue weighted by Crippen LogP contribution is -2.37. The van der Waals surface area contributed by atoms with Crippen LogP contribution in [-0.4, -0.2) is 26.7 Å². The van der Waals surface area contributed by atoms with E-state index in [9.17, 15) is 14.4 Å². The average molecular weight is 418 g/mol. The maximum Gasteiger partial charge on any atom is 0.332 e. The van der Waals surface area contributed by atoms with Gasteiger partial charge in [-0.3, -0.25) is 18.7 Å². The highest BCUT2D eigenvalue weighted by atomic mass is 16.5. The molecule has 0 aliphatic rings. The molecule has 8 nitrogen and oxygen atoms in total. The van der Waals surface area contributed by atoms with E-state index in [-0.39, 0.29) is 11.6 Å². The maximum absolute atomic E-state index is 13.2. The minimum Gasteiger partial charge on any atom is -0.497 e. The molecule has 2 aromatic carbocycles. The highest BCUT2D eigenvalue weighted by Crippen LogP contribution is 2.21. The van der Waals surface area contributed by atoms with Crippen LogP contribution in [-0.2, 0) is 20.6 Å². The lowest BCUT2D eigenvalue weighted by molar-refractivity contribution is 0.101. The molecule has 2 heterocycles. The molecule has 0 spiro atoms. The summed E-state index contributed by atoms with van der Waals surface area (Å²) in [5, 5.41) is 3.16. The highest BCUT2D eigenvalue weighted by Gasteiger charge is 2.21. The number of amides is 1. The molecule has 1 amide bonds. The van der Waals surface area contributed by atoms with Gasteiger partial charge in [-0.05, 0) is 35.9 Å². The van der Waals surface area contributed by atoms with Gasteiger partial charge < -0.3 is 14.6 Å². The van der Waals surface area contributed by atoms with Crippen LogP contribution in [0.25, 0.3) is 11.0 Å². The monoisotopic (exact) mass is 418 g/mol. The van der Waals surface area contributed by atoms with E-state index in [1.165, 1.54) is 11.6 Å². The number of fused-ring (bicyclic) bond motifs is 1. The normalized spacial score (nSPS) is 10.9. The summed E-state index contributed by atoms with van der Waals surface area (Å²) in [5.74, 6) is 0.293. The van der Waals surface area contributed by atoms with E-state index >= 15 is 0 Å². The Bertz CT molecular complexity index is 1380. The van der Waals surface area contributed by atoms with Crippen LogP contribution in [0.5, 0.6) is 5.75 Å². The van der Waals surface area contributed by atoms with Crippen LogP contribution in [0, 0.1) is 0 Å². The van der Waals surface area contributed by atoms with Gasteiger partial charge in [0.15, 0.2) is 0 Å². The Morgan fingerprint density at radius 1 is 0.968 bits per heavy atom. The Morgan fingerprint density at radius 3 is 2.29 bits per heavy atom. The number of ether oxygens (including phenoxy) is 1. The predicted molar refractivity (Wildman–Crippen MR) is 119 cm³/mol. The minimum atomic E-state index is -0.452. The van der Waals surface area contributed by atoms with E-state index in [0.29, 0.717) is 29.0 Å². The number of nitrogens with one attached hydrogen (secondary N) is 1. The molecule has 0 aliphatic heterocycles. The third kappa shape index (κ3) is 3.63. The lowest BCUT2D eigenvalue weighted by atomic mass is 10.2. The number of carbonyl (C=O) groups is 1. The van der Waals surface area contributed by atoms with E-state index < -0.39 is 11.2 Å². The molecule has 4 rings (SSSR count). The Balaban J connectivity index is 1.86. The first-order chi connectivity index (χ1) is 14.9. The van der Waals surface area contributed by atoms with Gasteiger partial charge in [0.1, 0.15) is 17.1 Å². The first kappa shape index (κ1) is 20.2. The fraction of sp³-hybridized carbons (Fsp3) is 0.174. The summed E-state index contributed by atoms with van der Waals surface area (Å²) in [6.45, 7) is 0.330. The average Bonchev–Trinajstić information content (AvgIpc) is 3.17. The van der Waals surface area contributed by atoms with Crippen molar-refractivity contribution in [1.82, 2.24) is 13.7 Å². The molecule has 0 saturated carbocycles. The van der Waals surface area contributed by atoms with Gasteiger partial charge in [-0.2, -0.15) is 0 Å². The molecule has 0 atom stereocenters. The second-order valence-corrected chi connectivity index (χ2v) is 7.23. The van der Waals surface area contributed by atoms with Crippen molar-refractivity contribution in [3.63, 3.8) is 0 Å². The number of anilines is 1. The molecule has 4 aromatic rings. The third-order valence-corrected chi connectivity index (χ3v) is 5.26. The summed E-state index contributed by atoms with van der Waals surface area (Å²) in [4.78, 5) is 38.5. The number of benzene rings is 2. The van der Waals surface area contributed by atoms with Crippen molar-refractivity contribution in [2.45, 2.75) is 6.54 Å². The smallest absolute Gasteiger partial charge is 0.332 e. The topological polar surface area (TPSA) is 87.3 Å². The largest absolute Gasteiger partial charge is 0.497 e. The van der Waals surface area contributed by atoms with E-state index in [1.54, 1.807) is 49.1 Å². The fourth-order valence-electron chi connectivity index (χ4n) is 3.62. The van der Waals surface area contributed by atoms with E-state index in [0.717, 1.165) is 10.1 Å². The van der Waals surface area contributed by atoms with E-state index in [2.05, 4.69) is 5.32 Å². The second kappa shape index (κ2) is 7.98. The molecule has 8 heteroatoms. The van der Waals surface area contributed by atoms with Crippen molar-refractivity contribution in [3.8, 4) is 5.75 Å². The molecule has 2 aromatic heterocycles. The molecule has 0 fully saturated rings. The van der Waals surface area contributed by atoms with Gasteiger partial charge in [0.25, 0.3) is 11.5 Å². The number of nitrogens with zero attached hydrogens (tertiary/aromatic N) is 3. The second-order valence-electron chi connectivity index (χ2n) is 7.23. The molecular formula is C23H22N4O4. The highest BCUT2D eigenvalue weighted by molar-refractivity contribution is 6.06. The van der Waals surface area contributed by atoms with Gasteiger partial charge in [0.05, 0.1) is 12.5 Å². The zero-order chi connectivity index (χ0) is 22.1. The zero-order valence-corrected chi connectivity index (χ0v) is 17.5. The Morgan fingerprint density at radius 2 is 1.65 bits per heavy atom. The van der Waals surface area contributed by atoms with Crippen LogP contribution in [0.1, 0.15) is 16.1 Å². The molecule has 158 valence electrons. The number of carbonyl (C=O) groups excluding carboxylic acids is 1. The van der Waals surface area contributed by atoms with Gasteiger partial charge >= 0.3 is 5.69 Å². The Labute approximate surface area is 177 Å². The summed E-state index contributed by atoms with van der Waals surface area (Å²) in [7, 11) is 4.59. The van der Waals surface area contributed by atoms with Crippen molar-refractivity contribution in [2.24, 2.45) is 14.1 Å². The molecule has 0 aliphatic carbocycles. The number of hydrogen-bond donors (Lipinski definition) is 1. The van der Waals surface area contributed by atoms with Crippen LogP contribution in [0.3, 0.4) is 0 Å². The first-order valence-electron chi connectivity index (χ1n) is 9.69. The number of aryl methyl sites for hydroxylation is 1. The molecule has 0 bridgehead atoms. The zero-order valence-electron chi connectivity index (χ0n) is 17.5. The summed E-state index contributed by atoms with van der Waals surface area (Å²) in [6.07, 6.45) is 0. The van der Waals surface area contributed by atoms with Crippen LogP contribution in [0.2, 0.25) is 0 Å². The van der Waals surface area contributed by atoms with E-state index in [4.69, 9.17) is 4.74 Å². The lowest BCUT2D eigenvalue weighted by Gasteiger charge is -2.13. The molecule has 0 radical (unpaired) electrons. The number of methoxy groups -OCH3 is 1. The standard InChI is InChI=1S/C23H22N4O4/c1-25-21-18(22(29)26(2)23(25)30)13-19(27(21)14-15-7-5-4-6-8-15)20(28)24-16-9-11-17(31-3)12-10-16/h4-13H,14H2,1-3H3,(H,24,28). The van der Waals surface area contributed by atoms with Crippen LogP contribution < -0.4 is 21.3 Å². The number of rotatable bonds is 5. The Kier molecular flexibility index (Phi) is 5.21. The first-order valence-corrected chi connectivity index (χ1v) is 9.69. The predicted octanol–water partition coefficient (Wildman–Crippen LogP) is 2.35. The minimum absolute atomic E-state index is 0.285. The summed E-state index contributed by atoms with van der Waals surface area (Å²) >= 11 is 0. The van der Waals surface area contributed by atoms with Gasteiger partial charge in [-0.25, -0.2) is 4.79 Å². The van der Waals surface area contributed by atoms with Crippen molar-refractivity contribution < 1.29 is 9.53 Å². The maximum atomic E-state index is 13.2. The van der Waals surface area contributed by atoms with E-state index in [1.807, 2.05) is 30.3 Å². The van der Waals surface area contributed by atoms with Crippen LogP contribution in [0.15, 0.2) is 70.3 Å². The molecule has 31 heavy (non-hydrogen) atoms. The summed E-state index contributed by atoms with van der Waals surface area (Å²) in [5.41, 5.74) is 1.32. The summed E-state index contributed by atoms with van der Waals surface area (Å²) in [6, 6.07) is 18.0. The fourth-order valence-corrected chi connectivity index (χ4v) is 3.62. The van der Waals surface area contributed by atoms with Crippen molar-refractivity contribution in [2.75, 3.05) is 12.4 Å². The quantitative estimate of drug-likeness (QED) is 0.539.